The molecule has 0 aromatic heterocycles. The van der Waals surface area contributed by atoms with Crippen molar-refractivity contribution in [1.29, 1.82) is 0 Å². The van der Waals surface area contributed by atoms with Crippen molar-refractivity contribution in [3.05, 3.63) is 28.7 Å². The zero-order chi connectivity index (χ0) is 14.3. The van der Waals surface area contributed by atoms with E-state index in [0.29, 0.717) is 13.0 Å². The molecular formula is C15H22BrNO2. The second-order valence-electron chi connectivity index (χ2n) is 4.54. The van der Waals surface area contributed by atoms with Gasteiger partial charge in [0.15, 0.2) is 0 Å². The Morgan fingerprint density at radius 3 is 2.37 bits per heavy atom. The van der Waals surface area contributed by atoms with Gasteiger partial charge >= 0.3 is 5.97 Å². The van der Waals surface area contributed by atoms with Crippen molar-refractivity contribution in [2.45, 2.75) is 45.6 Å². The first-order valence-corrected chi connectivity index (χ1v) is 7.58. The van der Waals surface area contributed by atoms with Crippen LogP contribution in [0.1, 0.15) is 40.0 Å². The van der Waals surface area contributed by atoms with E-state index >= 15 is 0 Å². The number of halogens is 1. The summed E-state index contributed by atoms with van der Waals surface area (Å²) >= 11 is 3.41. The molecule has 19 heavy (non-hydrogen) atoms. The normalized spacial score (nSPS) is 13.7. The van der Waals surface area contributed by atoms with E-state index in [9.17, 15) is 4.79 Å². The molecule has 1 aromatic rings. The molecule has 1 N–H and O–H groups in total. The van der Waals surface area contributed by atoms with Gasteiger partial charge in [-0.25, -0.2) is 4.79 Å². The molecule has 0 fully saturated rings. The van der Waals surface area contributed by atoms with Crippen LogP contribution >= 0.6 is 15.9 Å². The van der Waals surface area contributed by atoms with Crippen LogP contribution in [-0.2, 0) is 9.53 Å². The molecule has 0 amide bonds. The Balaban J connectivity index is 2.95. The monoisotopic (exact) mass is 327 g/mol. The SMILES string of the molecule is CCCC(CC)(Nc1ccc(Br)cc1)C(=O)OCC. The Morgan fingerprint density at radius 2 is 1.89 bits per heavy atom. The zero-order valence-corrected chi connectivity index (χ0v) is 13.4. The standard InChI is InChI=1S/C15H22BrNO2/c1-4-11-15(5-2,14(18)19-6-3)17-13-9-7-12(16)8-10-13/h7-10,17H,4-6,11H2,1-3H3. The Bertz CT molecular complexity index is 405. The highest BCUT2D eigenvalue weighted by Crippen LogP contribution is 2.26. The highest BCUT2D eigenvalue weighted by atomic mass is 79.9. The fourth-order valence-corrected chi connectivity index (χ4v) is 2.39. The minimum absolute atomic E-state index is 0.165. The van der Waals surface area contributed by atoms with Crippen LogP contribution in [0.25, 0.3) is 0 Å². The maximum Gasteiger partial charge on any atom is 0.331 e. The summed E-state index contributed by atoms with van der Waals surface area (Å²) in [6, 6.07) is 7.84. The molecule has 0 aliphatic heterocycles. The Labute approximate surface area is 123 Å². The number of hydrogen-bond donors (Lipinski definition) is 1. The van der Waals surface area contributed by atoms with Gasteiger partial charge in [-0.2, -0.15) is 0 Å². The second-order valence-corrected chi connectivity index (χ2v) is 5.45. The third-order valence-electron chi connectivity index (χ3n) is 3.17. The van der Waals surface area contributed by atoms with E-state index in [1.54, 1.807) is 0 Å². The van der Waals surface area contributed by atoms with Crippen LogP contribution in [0.15, 0.2) is 28.7 Å². The Morgan fingerprint density at radius 1 is 1.26 bits per heavy atom. The molecule has 106 valence electrons. The van der Waals surface area contributed by atoms with Gasteiger partial charge in [0.2, 0.25) is 0 Å². The van der Waals surface area contributed by atoms with Crippen LogP contribution in [0.2, 0.25) is 0 Å². The minimum atomic E-state index is -0.626. The lowest BCUT2D eigenvalue weighted by molar-refractivity contribution is -0.149. The zero-order valence-electron chi connectivity index (χ0n) is 11.8. The van der Waals surface area contributed by atoms with Crippen molar-refractivity contribution in [2.24, 2.45) is 0 Å². The molecule has 1 atom stereocenters. The van der Waals surface area contributed by atoms with Crippen LogP contribution in [0, 0.1) is 0 Å². The number of benzene rings is 1. The van der Waals surface area contributed by atoms with E-state index in [2.05, 4.69) is 28.2 Å². The highest BCUT2D eigenvalue weighted by molar-refractivity contribution is 9.10. The van der Waals surface area contributed by atoms with Gasteiger partial charge in [-0.15, -0.1) is 0 Å². The van der Waals surface area contributed by atoms with Crippen LogP contribution in [-0.4, -0.2) is 18.1 Å². The van der Waals surface area contributed by atoms with Crippen molar-refractivity contribution in [3.63, 3.8) is 0 Å². The smallest absolute Gasteiger partial charge is 0.331 e. The molecule has 0 heterocycles. The van der Waals surface area contributed by atoms with Crippen molar-refractivity contribution < 1.29 is 9.53 Å². The van der Waals surface area contributed by atoms with Gasteiger partial charge in [-0.1, -0.05) is 36.2 Å². The molecular weight excluding hydrogens is 306 g/mol. The average Bonchev–Trinajstić information content (AvgIpc) is 2.41. The van der Waals surface area contributed by atoms with E-state index in [1.807, 2.05) is 38.1 Å². The summed E-state index contributed by atoms with van der Waals surface area (Å²) in [6.07, 6.45) is 2.39. The summed E-state index contributed by atoms with van der Waals surface area (Å²) in [6.45, 7) is 6.33. The number of hydrogen-bond acceptors (Lipinski definition) is 3. The number of carbonyl (C=O) groups excluding carboxylic acids is 1. The fraction of sp³-hybridized carbons (Fsp3) is 0.533. The average molecular weight is 328 g/mol. The summed E-state index contributed by atoms with van der Waals surface area (Å²) in [5.74, 6) is -0.165. The molecule has 0 saturated heterocycles. The number of carbonyl (C=O) groups is 1. The third kappa shape index (κ3) is 4.23. The first-order valence-electron chi connectivity index (χ1n) is 6.79. The maximum atomic E-state index is 12.3. The van der Waals surface area contributed by atoms with Crippen molar-refractivity contribution >= 4 is 27.6 Å². The van der Waals surface area contributed by atoms with Crippen LogP contribution in [0.3, 0.4) is 0 Å². The van der Waals surface area contributed by atoms with Gasteiger partial charge in [-0.05, 0) is 44.0 Å². The number of nitrogens with one attached hydrogen (secondary N) is 1. The third-order valence-corrected chi connectivity index (χ3v) is 3.70. The highest BCUT2D eigenvalue weighted by Gasteiger charge is 2.37. The van der Waals surface area contributed by atoms with Gasteiger partial charge in [0.05, 0.1) is 6.61 Å². The van der Waals surface area contributed by atoms with Gasteiger partial charge < -0.3 is 10.1 Å². The molecule has 0 bridgehead atoms. The fourth-order valence-electron chi connectivity index (χ4n) is 2.13. The lowest BCUT2D eigenvalue weighted by Gasteiger charge is -2.32. The molecule has 1 unspecified atom stereocenters. The molecule has 0 aliphatic carbocycles. The van der Waals surface area contributed by atoms with Gasteiger partial charge in [-0.3, -0.25) is 0 Å². The van der Waals surface area contributed by atoms with Crippen LogP contribution in [0.4, 0.5) is 5.69 Å². The molecule has 0 saturated carbocycles. The van der Waals surface area contributed by atoms with Gasteiger partial charge in [0.1, 0.15) is 5.54 Å². The van der Waals surface area contributed by atoms with E-state index in [1.165, 1.54) is 0 Å². The number of rotatable bonds is 7. The van der Waals surface area contributed by atoms with Crippen molar-refractivity contribution in [1.82, 2.24) is 0 Å². The van der Waals surface area contributed by atoms with Crippen molar-refractivity contribution in [2.75, 3.05) is 11.9 Å². The Hall–Kier alpha value is -1.03. The summed E-state index contributed by atoms with van der Waals surface area (Å²) in [7, 11) is 0. The van der Waals surface area contributed by atoms with Crippen molar-refractivity contribution in [3.8, 4) is 0 Å². The lowest BCUT2D eigenvalue weighted by Crippen LogP contribution is -2.47. The predicted molar refractivity (Wildman–Crippen MR) is 82.3 cm³/mol. The number of ether oxygens (including phenoxy) is 1. The van der Waals surface area contributed by atoms with Crippen LogP contribution < -0.4 is 5.32 Å². The van der Waals surface area contributed by atoms with E-state index in [-0.39, 0.29) is 5.97 Å². The molecule has 3 nitrogen and oxygen atoms in total. The van der Waals surface area contributed by atoms with Crippen LogP contribution in [0.5, 0.6) is 0 Å². The molecule has 4 heteroatoms. The number of esters is 1. The predicted octanol–water partition coefficient (Wildman–Crippen LogP) is 4.37. The minimum Gasteiger partial charge on any atom is -0.464 e. The topological polar surface area (TPSA) is 38.3 Å². The summed E-state index contributed by atoms with van der Waals surface area (Å²) < 4.78 is 6.26. The maximum absolute atomic E-state index is 12.3. The summed E-state index contributed by atoms with van der Waals surface area (Å²) in [5, 5.41) is 3.36. The van der Waals surface area contributed by atoms with Gasteiger partial charge in [0.25, 0.3) is 0 Å². The molecule has 0 radical (unpaired) electrons. The summed E-state index contributed by atoms with van der Waals surface area (Å²) in [5.41, 5.74) is 0.310. The quantitative estimate of drug-likeness (QED) is 0.755. The lowest BCUT2D eigenvalue weighted by atomic mass is 9.90. The molecule has 0 aliphatic rings. The molecule has 1 rings (SSSR count). The van der Waals surface area contributed by atoms with Gasteiger partial charge in [0, 0.05) is 10.2 Å². The summed E-state index contributed by atoms with van der Waals surface area (Å²) in [4.78, 5) is 12.3. The number of anilines is 1. The molecule has 0 spiro atoms. The first kappa shape index (κ1) is 16.0. The van der Waals surface area contributed by atoms with E-state index < -0.39 is 5.54 Å². The largest absolute Gasteiger partial charge is 0.464 e. The second kappa shape index (κ2) is 7.53. The molecule has 1 aromatic carbocycles. The van der Waals surface area contributed by atoms with E-state index in [0.717, 1.165) is 23.0 Å². The first-order chi connectivity index (χ1) is 9.07. The van der Waals surface area contributed by atoms with E-state index in [4.69, 9.17) is 4.74 Å². The Kier molecular flexibility index (Phi) is 6.35.